The first kappa shape index (κ1) is 15.0. The molecule has 0 aliphatic carbocycles. The van der Waals surface area contributed by atoms with Gasteiger partial charge in [0.25, 0.3) is 0 Å². The molecule has 1 aliphatic heterocycles. The van der Waals surface area contributed by atoms with E-state index in [1.54, 1.807) is 0 Å². The number of carbonyl (C=O) groups excluding carboxylic acids is 1. The van der Waals surface area contributed by atoms with Crippen LogP contribution in [0.2, 0.25) is 0 Å². The van der Waals surface area contributed by atoms with Crippen LogP contribution in [0.5, 0.6) is 0 Å². The van der Waals surface area contributed by atoms with Crippen LogP contribution in [0.3, 0.4) is 0 Å². The molecule has 1 saturated heterocycles. The largest absolute Gasteiger partial charge is 0.379 e. The van der Waals surface area contributed by atoms with E-state index < -0.39 is 0 Å². The molecule has 4 nitrogen and oxygen atoms in total. The lowest BCUT2D eigenvalue weighted by molar-refractivity contribution is -0.158. The van der Waals surface area contributed by atoms with Crippen LogP contribution in [-0.4, -0.2) is 44.7 Å². The van der Waals surface area contributed by atoms with Crippen molar-refractivity contribution >= 4 is 5.91 Å². The molecule has 1 aliphatic rings. The van der Waals surface area contributed by atoms with Gasteiger partial charge in [-0.15, -0.1) is 0 Å². The molecule has 1 N–H and O–H groups in total. The maximum atomic E-state index is 12.4. The molecule has 1 fully saturated rings. The molecule has 0 bridgehead atoms. The molecular formula is C16H24N2O2. The van der Waals surface area contributed by atoms with Crippen molar-refractivity contribution in [1.82, 2.24) is 10.2 Å². The van der Waals surface area contributed by atoms with E-state index in [0.29, 0.717) is 13.2 Å². The van der Waals surface area contributed by atoms with Gasteiger partial charge in [-0.1, -0.05) is 30.3 Å². The highest BCUT2D eigenvalue weighted by molar-refractivity contribution is 5.83. The number of benzene rings is 1. The minimum atomic E-state index is -0.356. The molecule has 1 heterocycles. The Morgan fingerprint density at radius 1 is 1.35 bits per heavy atom. The van der Waals surface area contributed by atoms with Crippen LogP contribution in [0.25, 0.3) is 0 Å². The van der Waals surface area contributed by atoms with Gasteiger partial charge in [0.1, 0.15) is 0 Å². The van der Waals surface area contributed by atoms with Gasteiger partial charge in [-0.25, -0.2) is 0 Å². The summed E-state index contributed by atoms with van der Waals surface area (Å²) in [5, 5.41) is 3.19. The van der Waals surface area contributed by atoms with Gasteiger partial charge < -0.3 is 15.0 Å². The molecule has 110 valence electrons. The lowest BCUT2D eigenvalue weighted by Crippen LogP contribution is -2.52. The normalized spacial score (nSPS) is 18.4. The maximum Gasteiger partial charge on any atom is 0.231 e. The number of ether oxygens (including phenoxy) is 1. The summed E-state index contributed by atoms with van der Waals surface area (Å²) in [7, 11) is 4.09. The van der Waals surface area contributed by atoms with Crippen LogP contribution in [0, 0.1) is 5.41 Å². The molecule has 1 unspecified atom stereocenters. The Morgan fingerprint density at radius 3 is 2.50 bits per heavy atom. The molecule has 1 aromatic carbocycles. The average Bonchev–Trinajstić information content (AvgIpc) is 2.41. The van der Waals surface area contributed by atoms with Crippen molar-refractivity contribution in [3.05, 3.63) is 35.9 Å². The van der Waals surface area contributed by atoms with Crippen LogP contribution in [-0.2, 0) is 9.53 Å². The fourth-order valence-electron chi connectivity index (χ4n) is 2.27. The number of carbonyl (C=O) groups is 1. The zero-order valence-corrected chi connectivity index (χ0v) is 12.6. The zero-order chi connectivity index (χ0) is 14.6. The third-order valence-corrected chi connectivity index (χ3v) is 3.76. The Hall–Kier alpha value is -1.39. The summed E-state index contributed by atoms with van der Waals surface area (Å²) in [5.74, 6) is 0.0939. The van der Waals surface area contributed by atoms with Crippen molar-refractivity contribution in [2.75, 3.05) is 33.9 Å². The van der Waals surface area contributed by atoms with E-state index in [-0.39, 0.29) is 17.4 Å². The van der Waals surface area contributed by atoms with E-state index in [4.69, 9.17) is 4.74 Å². The van der Waals surface area contributed by atoms with Crippen molar-refractivity contribution in [1.29, 1.82) is 0 Å². The zero-order valence-electron chi connectivity index (χ0n) is 12.6. The summed E-state index contributed by atoms with van der Waals surface area (Å²) >= 11 is 0. The summed E-state index contributed by atoms with van der Waals surface area (Å²) in [5.41, 5.74) is 0.803. The monoisotopic (exact) mass is 276 g/mol. The topological polar surface area (TPSA) is 41.6 Å². The molecule has 1 amide bonds. The number of nitrogens with one attached hydrogen (secondary N) is 1. The van der Waals surface area contributed by atoms with Gasteiger partial charge in [0.15, 0.2) is 0 Å². The Kier molecular flexibility index (Phi) is 4.78. The minimum Gasteiger partial charge on any atom is -0.379 e. The number of amides is 1. The molecule has 0 spiro atoms. The first-order valence-electron chi connectivity index (χ1n) is 7.10. The van der Waals surface area contributed by atoms with E-state index in [9.17, 15) is 4.79 Å². The molecule has 1 atom stereocenters. The van der Waals surface area contributed by atoms with E-state index in [0.717, 1.165) is 18.5 Å². The van der Waals surface area contributed by atoms with E-state index >= 15 is 0 Å². The van der Waals surface area contributed by atoms with Crippen molar-refractivity contribution in [2.24, 2.45) is 5.41 Å². The lowest BCUT2D eigenvalue weighted by atomic mass is 9.87. The molecule has 4 heteroatoms. The Labute approximate surface area is 121 Å². The number of hydrogen-bond donors (Lipinski definition) is 1. The Balaban J connectivity index is 2.04. The first-order valence-corrected chi connectivity index (χ1v) is 7.10. The highest BCUT2D eigenvalue weighted by Crippen LogP contribution is 2.28. The first-order chi connectivity index (χ1) is 9.51. The smallest absolute Gasteiger partial charge is 0.231 e. The van der Waals surface area contributed by atoms with Gasteiger partial charge in [-0.2, -0.15) is 0 Å². The molecule has 20 heavy (non-hydrogen) atoms. The minimum absolute atomic E-state index is 0.0588. The molecule has 0 aromatic heterocycles. The van der Waals surface area contributed by atoms with Crippen LogP contribution >= 0.6 is 0 Å². The second-order valence-corrected chi connectivity index (χ2v) is 6.08. The number of hydrogen-bond acceptors (Lipinski definition) is 3. The molecular weight excluding hydrogens is 252 g/mol. The number of rotatable bonds is 6. The van der Waals surface area contributed by atoms with Crippen molar-refractivity contribution in [3.63, 3.8) is 0 Å². The van der Waals surface area contributed by atoms with Crippen LogP contribution in [0.1, 0.15) is 24.9 Å². The maximum absolute atomic E-state index is 12.4. The lowest BCUT2D eigenvalue weighted by Gasteiger charge is -2.37. The second kappa shape index (κ2) is 6.37. The quantitative estimate of drug-likeness (QED) is 0.862. The third kappa shape index (κ3) is 3.58. The summed E-state index contributed by atoms with van der Waals surface area (Å²) in [6.07, 6.45) is 0.902. The average molecular weight is 276 g/mol. The molecule has 2 rings (SSSR count). The van der Waals surface area contributed by atoms with Gasteiger partial charge in [0.2, 0.25) is 5.91 Å². The summed E-state index contributed by atoms with van der Waals surface area (Å²) in [6, 6.07) is 10.2. The standard InChI is InChI=1S/C16H24N2O2/c1-16(11-20-12-16)15(19)17-14(9-10-18(2)3)13-7-5-4-6-8-13/h4-8,14H,9-12H2,1-3H3,(H,17,19). The third-order valence-electron chi connectivity index (χ3n) is 3.76. The fourth-order valence-corrected chi connectivity index (χ4v) is 2.27. The Morgan fingerprint density at radius 2 is 2.00 bits per heavy atom. The van der Waals surface area contributed by atoms with Gasteiger partial charge >= 0.3 is 0 Å². The number of nitrogens with zero attached hydrogens (tertiary/aromatic N) is 1. The fraction of sp³-hybridized carbons (Fsp3) is 0.562. The van der Waals surface area contributed by atoms with Gasteiger partial charge in [-0.3, -0.25) is 4.79 Å². The molecule has 0 saturated carbocycles. The van der Waals surface area contributed by atoms with Gasteiger partial charge in [0, 0.05) is 0 Å². The van der Waals surface area contributed by atoms with Crippen molar-refractivity contribution in [3.8, 4) is 0 Å². The van der Waals surface area contributed by atoms with Gasteiger partial charge in [0.05, 0.1) is 24.7 Å². The van der Waals surface area contributed by atoms with Crippen LogP contribution in [0.4, 0.5) is 0 Å². The van der Waals surface area contributed by atoms with Crippen molar-refractivity contribution < 1.29 is 9.53 Å². The Bertz CT molecular complexity index is 441. The van der Waals surface area contributed by atoms with Crippen LogP contribution in [0.15, 0.2) is 30.3 Å². The van der Waals surface area contributed by atoms with E-state index in [1.165, 1.54) is 0 Å². The SMILES string of the molecule is CN(C)CCC(NC(=O)C1(C)COC1)c1ccccc1. The predicted molar refractivity (Wildman–Crippen MR) is 79.4 cm³/mol. The van der Waals surface area contributed by atoms with E-state index in [1.807, 2.05) is 39.2 Å². The molecule has 1 aromatic rings. The predicted octanol–water partition coefficient (Wildman–Crippen LogP) is 1.83. The highest BCUT2D eigenvalue weighted by atomic mass is 16.5. The summed E-state index contributed by atoms with van der Waals surface area (Å²) in [4.78, 5) is 14.5. The summed E-state index contributed by atoms with van der Waals surface area (Å²) < 4.78 is 5.18. The molecule has 0 radical (unpaired) electrons. The highest BCUT2D eigenvalue weighted by Gasteiger charge is 2.41. The second-order valence-electron chi connectivity index (χ2n) is 6.08. The van der Waals surface area contributed by atoms with Crippen LogP contribution < -0.4 is 5.32 Å². The van der Waals surface area contributed by atoms with Crippen molar-refractivity contribution in [2.45, 2.75) is 19.4 Å². The summed E-state index contributed by atoms with van der Waals surface area (Å²) in [6.45, 7) is 3.94. The van der Waals surface area contributed by atoms with Gasteiger partial charge in [-0.05, 0) is 39.5 Å². The van der Waals surface area contributed by atoms with E-state index in [2.05, 4.69) is 22.3 Å².